The molecule has 0 N–H and O–H groups in total. The van der Waals surface area contributed by atoms with Gasteiger partial charge in [0.25, 0.3) is 0 Å². The van der Waals surface area contributed by atoms with Crippen molar-refractivity contribution in [1.82, 2.24) is 0 Å². The van der Waals surface area contributed by atoms with Crippen LogP contribution < -0.4 is 0 Å². The molecule has 0 atom stereocenters. The molecule has 0 aromatic heterocycles. The van der Waals surface area contributed by atoms with Crippen molar-refractivity contribution in [1.29, 1.82) is 0 Å². The van der Waals surface area contributed by atoms with E-state index in [0.717, 1.165) is 0 Å². The molecule has 0 aliphatic rings. The molecule has 0 saturated heterocycles. The van der Waals surface area contributed by atoms with Crippen LogP contribution in [0.5, 0.6) is 0 Å². The third-order valence-corrected chi connectivity index (χ3v) is 0. The predicted molar refractivity (Wildman–Crippen MR) is 46.6 cm³/mol. The molecule has 0 fully saturated rings. The van der Waals surface area contributed by atoms with Crippen molar-refractivity contribution in [2.75, 3.05) is 0 Å². The standard InChI is InChI=1S/C3H9Ge.C2H6Ge.Li/c1-4(2)3;1-3-2;/h1-3H3;1-2H3;. The van der Waals surface area contributed by atoms with Gasteiger partial charge in [0.1, 0.15) is 0 Å². The molecule has 0 spiro atoms. The summed E-state index contributed by atoms with van der Waals surface area (Å²) >= 11 is 0.167. The number of rotatable bonds is 0. The Balaban J connectivity index is -0.0000000575. The molecule has 8 heavy (non-hydrogen) atoms. The van der Waals surface area contributed by atoms with Crippen molar-refractivity contribution in [3.8, 4) is 0 Å². The summed E-state index contributed by atoms with van der Waals surface area (Å²) in [6.07, 6.45) is 0. The average molecular weight is 227 g/mol. The van der Waals surface area contributed by atoms with Crippen molar-refractivity contribution in [3.63, 3.8) is 0 Å². The van der Waals surface area contributed by atoms with Crippen molar-refractivity contribution in [3.05, 3.63) is 0 Å². The Morgan fingerprint density at radius 1 is 1.00 bits per heavy atom. The molecule has 0 unspecified atom stereocenters. The van der Waals surface area contributed by atoms with E-state index in [4.69, 9.17) is 0 Å². The summed E-state index contributed by atoms with van der Waals surface area (Å²) in [4.78, 5) is 0. The third kappa shape index (κ3) is 121. The first-order valence-corrected chi connectivity index (χ1v) is 13.0. The molecule has 0 bridgehead atoms. The van der Waals surface area contributed by atoms with Crippen LogP contribution >= 0.6 is 0 Å². The second kappa shape index (κ2) is 15.9. The van der Waals surface area contributed by atoms with Crippen LogP contribution in [0.15, 0.2) is 0 Å². The maximum absolute atomic E-state index is 2.33. The van der Waals surface area contributed by atoms with E-state index in [1.54, 1.807) is 0 Å². The molecule has 0 heterocycles. The van der Waals surface area contributed by atoms with E-state index in [-0.39, 0.29) is 33.2 Å². The fraction of sp³-hybridized carbons (Fsp3) is 1.00. The zero-order valence-electron chi connectivity index (χ0n) is 7.00. The molecule has 0 rings (SSSR count). The van der Waals surface area contributed by atoms with E-state index in [0.29, 0.717) is 15.4 Å². The smallest absolute Gasteiger partial charge is 0 e. The molecular weight excluding hydrogens is 212 g/mol. The van der Waals surface area contributed by atoms with E-state index < -0.39 is 0 Å². The number of hydrogen-bond acceptors (Lipinski definition) is 0. The summed E-state index contributed by atoms with van der Waals surface area (Å²) in [7, 11) is 0. The van der Waals surface area contributed by atoms with Crippen LogP contribution in [-0.4, -0.2) is 48.6 Å². The van der Waals surface area contributed by atoms with Crippen molar-refractivity contribution in [2.45, 2.75) is 28.8 Å². The van der Waals surface area contributed by atoms with Gasteiger partial charge in [-0.25, -0.2) is 0 Å². The Labute approximate surface area is 76.9 Å². The van der Waals surface area contributed by atoms with Crippen LogP contribution in [0, 0.1) is 0 Å². The van der Waals surface area contributed by atoms with Gasteiger partial charge < -0.3 is 0 Å². The second-order valence-electron chi connectivity index (χ2n) is 2.00. The van der Waals surface area contributed by atoms with Gasteiger partial charge in [0.15, 0.2) is 0 Å². The summed E-state index contributed by atoms with van der Waals surface area (Å²) < 4.78 is 0. The van der Waals surface area contributed by atoms with Crippen LogP contribution in [0.25, 0.3) is 0 Å². The van der Waals surface area contributed by atoms with Gasteiger partial charge in [-0.3, -0.25) is 0 Å². The number of hydrogen-bond donors (Lipinski definition) is 0. The van der Waals surface area contributed by atoms with E-state index in [9.17, 15) is 0 Å². The predicted octanol–water partition coefficient (Wildman–Crippen LogP) is 1.78. The molecule has 0 aliphatic heterocycles. The minimum atomic E-state index is -0.333. The van der Waals surface area contributed by atoms with Gasteiger partial charge in [0.2, 0.25) is 0 Å². The van der Waals surface area contributed by atoms with Crippen molar-refractivity contribution < 1.29 is 0 Å². The summed E-state index contributed by atoms with van der Waals surface area (Å²) in [5, 5.41) is 0. The first-order chi connectivity index (χ1) is 3.15. The van der Waals surface area contributed by atoms with Crippen LogP contribution in [0.1, 0.15) is 0 Å². The van der Waals surface area contributed by atoms with Crippen LogP contribution in [0.4, 0.5) is 0 Å². The zero-order valence-corrected chi connectivity index (χ0v) is 11.2. The molecule has 0 amide bonds. The van der Waals surface area contributed by atoms with E-state index in [1.807, 2.05) is 0 Å². The molecule has 0 aromatic rings. The minimum absolute atomic E-state index is 0. The van der Waals surface area contributed by atoms with E-state index in [1.165, 1.54) is 0 Å². The average Bonchev–Trinajstić information content (AvgIpc) is 1.33. The second-order valence-corrected chi connectivity index (χ2v) is 10.4. The molecule has 0 aliphatic carbocycles. The summed E-state index contributed by atoms with van der Waals surface area (Å²) in [5.41, 5.74) is 0. The Morgan fingerprint density at radius 3 is 1.00 bits per heavy atom. The summed E-state index contributed by atoms with van der Waals surface area (Å²) in [6, 6.07) is 0. The Bertz CT molecular complexity index is 21.6. The fourth-order valence-corrected chi connectivity index (χ4v) is 0. The monoisotopic (exact) mass is 230 g/mol. The minimum Gasteiger partial charge on any atom is 0 e. The quantitative estimate of drug-likeness (QED) is 0.553. The maximum atomic E-state index is 2.33. The molecule has 0 nitrogen and oxygen atoms in total. The van der Waals surface area contributed by atoms with Crippen molar-refractivity contribution in [2.24, 2.45) is 0 Å². The van der Waals surface area contributed by atoms with E-state index in [2.05, 4.69) is 28.8 Å². The normalized spacial score (nSPS) is 6.75. The molecular formula is C5H15Ge2Li. The van der Waals surface area contributed by atoms with Crippen LogP contribution in [0.3, 0.4) is 0 Å². The Morgan fingerprint density at radius 2 is 1.00 bits per heavy atom. The molecule has 3 heteroatoms. The largest absolute Gasteiger partial charge is 0 e. The van der Waals surface area contributed by atoms with E-state index >= 15 is 0 Å². The van der Waals surface area contributed by atoms with Gasteiger partial charge in [-0.2, -0.15) is 0 Å². The topological polar surface area (TPSA) is 0 Å². The molecule has 44 valence electrons. The Hall–Kier alpha value is 1.68. The maximum Gasteiger partial charge on any atom is 0 e. The van der Waals surface area contributed by atoms with Crippen LogP contribution in [0.2, 0.25) is 28.8 Å². The van der Waals surface area contributed by atoms with Gasteiger partial charge in [-0.1, -0.05) is 0 Å². The van der Waals surface area contributed by atoms with Crippen molar-refractivity contribution >= 4 is 48.6 Å². The first kappa shape index (κ1) is 16.3. The first-order valence-electron chi connectivity index (χ1n) is 2.50. The molecule has 4 radical (unpaired) electrons. The van der Waals surface area contributed by atoms with Crippen LogP contribution in [-0.2, 0) is 0 Å². The van der Waals surface area contributed by atoms with Gasteiger partial charge >= 0.3 is 58.6 Å². The third-order valence-electron chi connectivity index (χ3n) is 0. The van der Waals surface area contributed by atoms with Gasteiger partial charge in [0, 0.05) is 18.9 Å². The van der Waals surface area contributed by atoms with Gasteiger partial charge in [-0.05, 0) is 0 Å². The zero-order chi connectivity index (χ0) is 6.28. The molecule has 0 saturated carbocycles. The molecule has 0 aromatic carbocycles. The SMILES string of the molecule is [CH3][Ge]([CH3])[CH3].[CH3][Ge][CH3].[Li]. The summed E-state index contributed by atoms with van der Waals surface area (Å²) in [5.74, 6) is 11.5. The Kier molecular flexibility index (Phi) is 32.4. The fourth-order valence-electron chi connectivity index (χ4n) is 0. The van der Waals surface area contributed by atoms with Gasteiger partial charge in [0.05, 0.1) is 0 Å². The van der Waals surface area contributed by atoms with Gasteiger partial charge in [-0.15, -0.1) is 0 Å². The summed E-state index contributed by atoms with van der Waals surface area (Å²) in [6.45, 7) is 0.